The molecule has 11 heteroatoms. The lowest BCUT2D eigenvalue weighted by atomic mass is 9.98. The average molecular weight is 358 g/mol. The van der Waals surface area contributed by atoms with Gasteiger partial charge in [-0.3, -0.25) is 0 Å². The van der Waals surface area contributed by atoms with Gasteiger partial charge >= 0.3 is 0 Å². The molecule has 10 atom stereocenters. The molecule has 0 saturated carbocycles. The fourth-order valence-corrected chi connectivity index (χ4v) is 3.72. The topological polar surface area (TPSA) is 180 Å². The summed E-state index contributed by atoms with van der Waals surface area (Å²) >= 11 is 0.776. The van der Waals surface area contributed by atoms with Gasteiger partial charge in [0.25, 0.3) is 0 Å². The van der Waals surface area contributed by atoms with E-state index < -0.39 is 72.9 Å². The van der Waals surface area contributed by atoms with Crippen LogP contribution in [-0.2, 0) is 9.47 Å². The van der Waals surface area contributed by atoms with Crippen molar-refractivity contribution in [1.29, 1.82) is 0 Å². The zero-order chi connectivity index (χ0) is 17.3. The van der Waals surface area contributed by atoms with Crippen molar-refractivity contribution in [1.82, 2.24) is 0 Å². The van der Waals surface area contributed by atoms with Crippen LogP contribution < -0.4 is 0 Å². The van der Waals surface area contributed by atoms with Crippen molar-refractivity contribution in [2.24, 2.45) is 0 Å². The summed E-state index contributed by atoms with van der Waals surface area (Å²) in [6.45, 7) is -1.13. The van der Waals surface area contributed by atoms with Gasteiger partial charge in [0.05, 0.1) is 18.5 Å². The summed E-state index contributed by atoms with van der Waals surface area (Å²) in [6, 6.07) is 0. The summed E-state index contributed by atoms with van der Waals surface area (Å²) in [5, 5.41) is 76.2. The first-order valence-electron chi connectivity index (χ1n) is 7.08. The van der Waals surface area contributed by atoms with Crippen LogP contribution >= 0.6 is 11.8 Å². The quantitative estimate of drug-likeness (QED) is 0.242. The van der Waals surface area contributed by atoms with Crippen LogP contribution in [-0.4, -0.2) is 114 Å². The molecule has 6 unspecified atom stereocenters. The first-order valence-corrected chi connectivity index (χ1v) is 8.02. The molecule has 23 heavy (non-hydrogen) atoms. The lowest BCUT2D eigenvalue weighted by Gasteiger charge is -2.45. The molecule has 2 saturated heterocycles. The second-order valence-corrected chi connectivity index (χ2v) is 6.89. The molecule has 2 fully saturated rings. The highest BCUT2D eigenvalue weighted by molar-refractivity contribution is 8.00. The third-order valence-electron chi connectivity index (χ3n) is 3.98. The van der Waals surface area contributed by atoms with E-state index in [1.54, 1.807) is 0 Å². The Balaban J connectivity index is 2.11. The van der Waals surface area contributed by atoms with E-state index in [2.05, 4.69) is 0 Å². The van der Waals surface area contributed by atoms with Gasteiger partial charge in [-0.15, -0.1) is 11.8 Å². The summed E-state index contributed by atoms with van der Waals surface area (Å²) < 4.78 is 10.5. The van der Waals surface area contributed by atoms with Crippen LogP contribution in [0.3, 0.4) is 0 Å². The second kappa shape index (κ2) is 7.89. The largest absolute Gasteiger partial charge is 0.395 e. The third kappa shape index (κ3) is 3.80. The van der Waals surface area contributed by atoms with Crippen LogP contribution in [0.15, 0.2) is 0 Å². The van der Waals surface area contributed by atoms with Gasteiger partial charge in [-0.1, -0.05) is 0 Å². The first-order chi connectivity index (χ1) is 10.8. The molecule has 0 spiro atoms. The zero-order valence-electron chi connectivity index (χ0n) is 12.0. The van der Waals surface area contributed by atoms with Gasteiger partial charge in [0.2, 0.25) is 0 Å². The van der Waals surface area contributed by atoms with E-state index in [0.717, 1.165) is 11.8 Å². The normalized spacial score (nSPS) is 51.7. The van der Waals surface area contributed by atoms with Crippen LogP contribution in [0.2, 0.25) is 0 Å². The highest BCUT2D eigenvalue weighted by atomic mass is 32.2. The molecule has 0 aromatic carbocycles. The standard InChI is InChI=1S/C12H22O10S/c13-1-3-5(15)6(16)9(19)12(21-3)22-10-4(2-14)23-11(20)8(18)7(10)17/h3-20H,1-2H2/t3?,4?,5-,6?,7?,8?,9?,10+,11+,12-/m0/s1. The maximum Gasteiger partial charge on any atom is 0.187 e. The Morgan fingerprint density at radius 2 is 1.43 bits per heavy atom. The molecule has 2 aliphatic heterocycles. The van der Waals surface area contributed by atoms with Crippen LogP contribution in [0.5, 0.6) is 0 Å². The molecular weight excluding hydrogens is 336 g/mol. The van der Waals surface area contributed by atoms with Gasteiger partial charge in [-0.2, -0.15) is 0 Å². The minimum atomic E-state index is -1.67. The van der Waals surface area contributed by atoms with E-state index in [1.807, 2.05) is 0 Å². The number of thioether (sulfide) groups is 1. The van der Waals surface area contributed by atoms with Crippen molar-refractivity contribution in [2.75, 3.05) is 13.2 Å². The molecule has 0 amide bonds. The molecule has 10 nitrogen and oxygen atoms in total. The number of ether oxygens (including phenoxy) is 2. The number of rotatable bonds is 4. The van der Waals surface area contributed by atoms with Crippen molar-refractivity contribution in [3.63, 3.8) is 0 Å². The van der Waals surface area contributed by atoms with Gasteiger partial charge < -0.3 is 50.3 Å². The highest BCUT2D eigenvalue weighted by Crippen LogP contribution is 2.35. The fourth-order valence-electron chi connectivity index (χ4n) is 2.57. The summed E-state index contributed by atoms with van der Waals surface area (Å²) in [5.41, 5.74) is -1.32. The van der Waals surface area contributed by atoms with E-state index in [0.29, 0.717) is 0 Å². The molecule has 0 aromatic heterocycles. The van der Waals surface area contributed by atoms with Crippen LogP contribution in [0, 0.1) is 0 Å². The van der Waals surface area contributed by atoms with E-state index in [-0.39, 0.29) is 0 Å². The lowest BCUT2D eigenvalue weighted by molar-refractivity contribution is -0.320. The Bertz CT molecular complexity index is 383. The van der Waals surface area contributed by atoms with Gasteiger partial charge in [0.1, 0.15) is 48.2 Å². The Hall–Kier alpha value is -0.0500. The van der Waals surface area contributed by atoms with Gasteiger partial charge in [-0.25, -0.2) is 0 Å². The molecule has 2 rings (SSSR count). The van der Waals surface area contributed by atoms with E-state index in [1.165, 1.54) is 0 Å². The average Bonchev–Trinajstić information content (AvgIpc) is 2.55. The van der Waals surface area contributed by atoms with Crippen molar-refractivity contribution < 1.29 is 50.3 Å². The molecule has 0 aromatic rings. The number of aliphatic hydroxyl groups is 8. The summed E-state index contributed by atoms with van der Waals surface area (Å²) in [6.07, 6.45) is -11.9. The van der Waals surface area contributed by atoms with Gasteiger partial charge in [-0.05, 0) is 0 Å². The molecular formula is C12H22O10S. The van der Waals surface area contributed by atoms with E-state index in [4.69, 9.17) is 14.6 Å². The minimum Gasteiger partial charge on any atom is -0.395 e. The molecule has 136 valence electrons. The Kier molecular flexibility index (Phi) is 6.61. The van der Waals surface area contributed by atoms with Crippen LogP contribution in [0.4, 0.5) is 0 Å². The number of hydrogen-bond donors (Lipinski definition) is 8. The number of hydrogen-bond acceptors (Lipinski definition) is 11. The lowest BCUT2D eigenvalue weighted by Crippen LogP contribution is -2.62. The van der Waals surface area contributed by atoms with Crippen LogP contribution in [0.25, 0.3) is 0 Å². The van der Waals surface area contributed by atoms with E-state index in [9.17, 15) is 35.7 Å². The maximum absolute atomic E-state index is 10.0. The zero-order valence-corrected chi connectivity index (χ0v) is 12.8. The van der Waals surface area contributed by atoms with Crippen LogP contribution in [0.1, 0.15) is 0 Å². The first kappa shape index (κ1) is 19.3. The van der Waals surface area contributed by atoms with E-state index >= 15 is 0 Å². The second-order valence-electron chi connectivity index (χ2n) is 5.53. The maximum atomic E-state index is 10.0. The molecule has 2 aliphatic rings. The predicted octanol–water partition coefficient (Wildman–Crippen LogP) is -4.68. The van der Waals surface area contributed by atoms with Gasteiger partial charge in [0, 0.05) is 0 Å². The smallest absolute Gasteiger partial charge is 0.187 e. The summed E-state index contributed by atoms with van der Waals surface area (Å²) in [4.78, 5) is 0. The minimum absolute atomic E-state index is 0.492. The van der Waals surface area contributed by atoms with Crippen molar-refractivity contribution in [3.8, 4) is 0 Å². The molecule has 0 aliphatic carbocycles. The van der Waals surface area contributed by atoms with Gasteiger partial charge in [0.15, 0.2) is 6.29 Å². The summed E-state index contributed by atoms with van der Waals surface area (Å²) in [5.74, 6) is 0. The van der Waals surface area contributed by atoms with Crippen molar-refractivity contribution in [3.05, 3.63) is 0 Å². The molecule has 2 heterocycles. The predicted molar refractivity (Wildman–Crippen MR) is 75.1 cm³/mol. The molecule has 8 N–H and O–H groups in total. The van der Waals surface area contributed by atoms with Crippen molar-refractivity contribution >= 4 is 11.8 Å². The molecule has 0 radical (unpaired) electrons. The molecule has 0 bridgehead atoms. The Morgan fingerprint density at radius 1 is 0.783 bits per heavy atom. The summed E-state index contributed by atoms with van der Waals surface area (Å²) in [7, 11) is 0. The monoisotopic (exact) mass is 358 g/mol. The SMILES string of the molecule is OCC1O[C@@H](O[C@@H]2C(CO)S[C@@H](O)C(O)C2O)C(O)C(O)[C@H]1O. The highest BCUT2D eigenvalue weighted by Gasteiger charge is 2.49. The fraction of sp³-hybridized carbons (Fsp3) is 1.00. The number of aliphatic hydroxyl groups excluding tert-OH is 8. The Morgan fingerprint density at radius 3 is 2.00 bits per heavy atom. The Labute approximate surface area is 135 Å². The van der Waals surface area contributed by atoms with Crippen molar-refractivity contribution in [2.45, 2.75) is 59.7 Å². The third-order valence-corrected chi connectivity index (χ3v) is 5.30.